The van der Waals surface area contributed by atoms with Gasteiger partial charge in [-0.3, -0.25) is 9.52 Å². The fourth-order valence-electron chi connectivity index (χ4n) is 3.60. The minimum atomic E-state index is -4.00. The number of benzene rings is 3. The highest BCUT2D eigenvalue weighted by atomic mass is 32.2. The molecule has 0 fully saturated rings. The third kappa shape index (κ3) is 5.97. The van der Waals surface area contributed by atoms with Gasteiger partial charge in [-0.1, -0.05) is 42.5 Å². The Balaban J connectivity index is 1.36. The molecular weight excluding hydrogens is 468 g/mol. The first-order valence-electron chi connectivity index (χ1n) is 11.1. The van der Waals surface area contributed by atoms with E-state index in [-0.39, 0.29) is 22.3 Å². The van der Waals surface area contributed by atoms with Gasteiger partial charge in [0, 0.05) is 13.2 Å². The lowest BCUT2D eigenvalue weighted by Crippen LogP contribution is -2.27. The van der Waals surface area contributed by atoms with Crippen LogP contribution in [0.3, 0.4) is 0 Å². The molecule has 0 saturated carbocycles. The number of hydrogen-bond acceptors (Lipinski definition) is 5. The van der Waals surface area contributed by atoms with Gasteiger partial charge in [0.05, 0.1) is 33.3 Å². The number of aromatic nitrogens is 2. The van der Waals surface area contributed by atoms with Crippen molar-refractivity contribution in [2.24, 2.45) is 0 Å². The van der Waals surface area contributed by atoms with Gasteiger partial charge in [-0.15, -0.1) is 0 Å². The van der Waals surface area contributed by atoms with Crippen LogP contribution < -0.4 is 15.7 Å². The molecule has 182 valence electrons. The highest BCUT2D eigenvalue weighted by Crippen LogP contribution is 2.22. The van der Waals surface area contributed by atoms with Crippen LogP contribution in [0.5, 0.6) is 0 Å². The fraction of sp³-hybridized carbons (Fsp3) is 0.200. The first-order valence-corrected chi connectivity index (χ1v) is 12.6. The zero-order chi connectivity index (χ0) is 24.8. The van der Waals surface area contributed by atoms with Gasteiger partial charge in [-0.05, 0) is 49.2 Å². The second-order valence-electron chi connectivity index (χ2n) is 7.97. The molecule has 0 bridgehead atoms. The molecule has 0 aliphatic rings. The van der Waals surface area contributed by atoms with E-state index >= 15 is 0 Å². The minimum absolute atomic E-state index is 0.0415. The lowest BCUT2D eigenvalue weighted by Gasteiger charge is -2.14. The highest BCUT2D eigenvalue weighted by molar-refractivity contribution is 7.92. The quantitative estimate of drug-likeness (QED) is 0.250. The molecule has 0 aliphatic heterocycles. The molecule has 1 aromatic heterocycles. The Kier molecular flexibility index (Phi) is 7.33. The van der Waals surface area contributed by atoms with E-state index in [2.05, 4.69) is 20.0 Å². The molecular formula is C25H26N4O5S. The number of carbonyl (C=O) groups is 1. The Labute approximate surface area is 202 Å². The van der Waals surface area contributed by atoms with Crippen LogP contribution >= 0.6 is 0 Å². The van der Waals surface area contributed by atoms with Crippen molar-refractivity contribution in [3.63, 3.8) is 0 Å². The zero-order valence-electron chi connectivity index (χ0n) is 19.1. The largest absolute Gasteiger partial charge is 0.374 e. The average Bonchev–Trinajstić information content (AvgIpc) is 3.23. The maximum atomic E-state index is 12.9. The zero-order valence-corrected chi connectivity index (χ0v) is 19.9. The van der Waals surface area contributed by atoms with E-state index in [9.17, 15) is 18.0 Å². The molecule has 0 saturated heterocycles. The second-order valence-corrected chi connectivity index (χ2v) is 9.65. The van der Waals surface area contributed by atoms with Crippen LogP contribution in [0.4, 0.5) is 5.69 Å². The Bertz CT molecular complexity index is 1480. The first-order chi connectivity index (χ1) is 16.8. The van der Waals surface area contributed by atoms with Gasteiger partial charge in [0.15, 0.2) is 0 Å². The third-order valence-electron chi connectivity index (χ3n) is 5.46. The molecule has 0 unspecified atom stereocenters. The number of aromatic amines is 2. The van der Waals surface area contributed by atoms with Crippen LogP contribution in [0.15, 0.2) is 82.5 Å². The van der Waals surface area contributed by atoms with Crippen molar-refractivity contribution in [1.29, 1.82) is 0 Å². The lowest BCUT2D eigenvalue weighted by molar-refractivity contribution is 0.0635. The van der Waals surface area contributed by atoms with E-state index in [1.807, 2.05) is 37.3 Å². The Hall–Kier alpha value is -3.89. The summed E-state index contributed by atoms with van der Waals surface area (Å²) in [5, 5.41) is 2.81. The predicted octanol–water partition coefficient (Wildman–Crippen LogP) is 3.55. The number of ether oxygens (including phenoxy) is 1. The topological polar surface area (TPSA) is 133 Å². The normalized spacial score (nSPS) is 12.4. The van der Waals surface area contributed by atoms with Gasteiger partial charge < -0.3 is 20.0 Å². The smallest absolute Gasteiger partial charge is 0.323 e. The van der Waals surface area contributed by atoms with E-state index < -0.39 is 21.6 Å². The summed E-state index contributed by atoms with van der Waals surface area (Å²) in [4.78, 5) is 29.3. The number of hydrogen-bond donors (Lipinski definition) is 4. The first kappa shape index (κ1) is 24.2. The lowest BCUT2D eigenvalue weighted by atomic mass is 10.1. The van der Waals surface area contributed by atoms with Gasteiger partial charge in [0.25, 0.3) is 15.9 Å². The average molecular weight is 495 g/mol. The summed E-state index contributed by atoms with van der Waals surface area (Å²) in [6.45, 7) is 2.81. The molecule has 1 atom stereocenters. The third-order valence-corrected chi connectivity index (χ3v) is 6.82. The summed E-state index contributed by atoms with van der Waals surface area (Å²) in [5.74, 6) is -0.398. The SMILES string of the molecule is C[C@H](OCCCNC(=O)c1ccccc1NS(=O)(=O)c1ccc2[nH]c(=O)[nH]c2c1)c1ccccc1. The molecule has 0 spiro atoms. The number of nitrogens with one attached hydrogen (secondary N) is 4. The number of rotatable bonds is 10. The standard InChI is InChI=1S/C25H26N4O5S/c1-17(18-8-3-2-4-9-18)34-15-7-14-26-24(30)20-10-5-6-11-21(20)29-35(32,33)19-12-13-22-23(16-19)28-25(31)27-22/h2-6,8-13,16-17,29H,7,14-15H2,1H3,(H,26,30)(H2,27,28,31)/t17-/m0/s1. The van der Waals surface area contributed by atoms with Gasteiger partial charge >= 0.3 is 5.69 Å². The predicted molar refractivity (Wildman–Crippen MR) is 134 cm³/mol. The second kappa shape index (κ2) is 10.6. The molecule has 0 aliphatic carbocycles. The van der Waals surface area contributed by atoms with Gasteiger partial charge in [0.2, 0.25) is 0 Å². The highest BCUT2D eigenvalue weighted by Gasteiger charge is 2.19. The van der Waals surface area contributed by atoms with Crippen molar-refractivity contribution in [2.75, 3.05) is 17.9 Å². The molecule has 1 heterocycles. The van der Waals surface area contributed by atoms with Crippen LogP contribution in [-0.2, 0) is 14.8 Å². The summed E-state index contributed by atoms with van der Waals surface area (Å²) in [7, 11) is -4.00. The van der Waals surface area contributed by atoms with Crippen molar-refractivity contribution in [1.82, 2.24) is 15.3 Å². The molecule has 4 N–H and O–H groups in total. The van der Waals surface area contributed by atoms with Crippen LogP contribution in [0.1, 0.15) is 35.4 Å². The van der Waals surface area contributed by atoms with Gasteiger partial charge in [-0.25, -0.2) is 13.2 Å². The molecule has 1 amide bonds. The summed E-state index contributed by atoms with van der Waals surface area (Å²) in [6.07, 6.45) is 0.552. The number of H-pyrrole nitrogens is 2. The maximum absolute atomic E-state index is 12.9. The molecule has 4 aromatic rings. The van der Waals surface area contributed by atoms with Crippen LogP contribution in [0.2, 0.25) is 0 Å². The molecule has 3 aromatic carbocycles. The number of amides is 1. The number of carbonyl (C=O) groups excluding carboxylic acids is 1. The maximum Gasteiger partial charge on any atom is 0.323 e. The molecule has 9 nitrogen and oxygen atoms in total. The van der Waals surface area contributed by atoms with Crippen molar-refractivity contribution in [3.05, 3.63) is 94.4 Å². The van der Waals surface area contributed by atoms with Gasteiger partial charge in [0.1, 0.15) is 0 Å². The molecule has 10 heteroatoms. The number of para-hydroxylation sites is 1. The monoisotopic (exact) mass is 494 g/mol. The van der Waals surface area contributed by atoms with Crippen molar-refractivity contribution < 1.29 is 17.9 Å². The summed E-state index contributed by atoms with van der Waals surface area (Å²) in [5.41, 5.74) is 1.88. The van der Waals surface area contributed by atoms with Gasteiger partial charge in [-0.2, -0.15) is 0 Å². The Morgan fingerprint density at radius 1 is 0.971 bits per heavy atom. The van der Waals surface area contributed by atoms with Crippen LogP contribution in [0.25, 0.3) is 11.0 Å². The van der Waals surface area contributed by atoms with Crippen molar-refractivity contribution in [2.45, 2.75) is 24.3 Å². The summed E-state index contributed by atoms with van der Waals surface area (Å²) in [6, 6.07) is 20.5. The van der Waals surface area contributed by atoms with Crippen molar-refractivity contribution in [3.8, 4) is 0 Å². The van der Waals surface area contributed by atoms with Crippen molar-refractivity contribution >= 4 is 32.7 Å². The fourth-order valence-corrected chi connectivity index (χ4v) is 4.71. The minimum Gasteiger partial charge on any atom is -0.374 e. The number of sulfonamides is 1. The van der Waals surface area contributed by atoms with E-state index in [4.69, 9.17) is 4.74 Å². The summed E-state index contributed by atoms with van der Waals surface area (Å²) < 4.78 is 34.2. The molecule has 35 heavy (non-hydrogen) atoms. The molecule has 0 radical (unpaired) electrons. The van der Waals surface area contributed by atoms with E-state index in [1.165, 1.54) is 24.3 Å². The number of anilines is 1. The van der Waals surface area contributed by atoms with Crippen LogP contribution in [0, 0.1) is 0 Å². The summed E-state index contributed by atoms with van der Waals surface area (Å²) >= 11 is 0. The number of fused-ring (bicyclic) bond motifs is 1. The number of imidazole rings is 1. The Morgan fingerprint density at radius 2 is 1.69 bits per heavy atom. The van der Waals surface area contributed by atoms with E-state index in [0.717, 1.165) is 5.56 Å². The Morgan fingerprint density at radius 3 is 2.49 bits per heavy atom. The van der Waals surface area contributed by atoms with Crippen LogP contribution in [-0.4, -0.2) is 37.4 Å². The molecule has 4 rings (SSSR count). The van der Waals surface area contributed by atoms with E-state index in [0.29, 0.717) is 30.6 Å². The van der Waals surface area contributed by atoms with E-state index in [1.54, 1.807) is 18.2 Å².